The van der Waals surface area contributed by atoms with E-state index in [1.165, 1.54) is 25.7 Å². The molecule has 18 heavy (non-hydrogen) atoms. The van der Waals surface area contributed by atoms with Gasteiger partial charge in [0.2, 0.25) is 0 Å². The number of nitrogens with two attached hydrogens (primary N) is 1. The number of carbonyl (C=O) groups excluding carboxylic acids is 1. The first-order valence-electron chi connectivity index (χ1n) is 7.84. The molecular weight excluding hydrogens is 222 g/mol. The average molecular weight is 251 g/mol. The molecule has 2 aliphatic carbocycles. The lowest BCUT2D eigenvalue weighted by molar-refractivity contribution is -0.124. The van der Waals surface area contributed by atoms with Crippen molar-refractivity contribution in [1.82, 2.24) is 0 Å². The van der Waals surface area contributed by atoms with Gasteiger partial charge in [-0.05, 0) is 62.3 Å². The Balaban J connectivity index is 1.77. The van der Waals surface area contributed by atoms with Crippen LogP contribution in [0.25, 0.3) is 0 Å². The molecule has 4 atom stereocenters. The van der Waals surface area contributed by atoms with Crippen LogP contribution in [0.5, 0.6) is 0 Å². The van der Waals surface area contributed by atoms with Crippen LogP contribution in [-0.2, 0) is 4.79 Å². The van der Waals surface area contributed by atoms with Crippen LogP contribution in [0.15, 0.2) is 0 Å². The average Bonchev–Trinajstić information content (AvgIpc) is 2.95. The zero-order chi connectivity index (χ0) is 13.1. The van der Waals surface area contributed by atoms with Gasteiger partial charge < -0.3 is 5.73 Å². The van der Waals surface area contributed by atoms with E-state index in [4.69, 9.17) is 5.73 Å². The maximum atomic E-state index is 12.3. The molecule has 2 aliphatic rings. The SMILES string of the molecule is CC(C)C(CCN)CCC(=O)C1CC2CCC1C2. The van der Waals surface area contributed by atoms with Crippen molar-refractivity contribution in [3.05, 3.63) is 0 Å². The van der Waals surface area contributed by atoms with Crippen LogP contribution < -0.4 is 5.73 Å². The van der Waals surface area contributed by atoms with Gasteiger partial charge in [0.25, 0.3) is 0 Å². The van der Waals surface area contributed by atoms with Crippen LogP contribution in [0.4, 0.5) is 0 Å². The quantitative estimate of drug-likeness (QED) is 0.753. The molecular formula is C16H29NO. The minimum absolute atomic E-state index is 0.425. The molecule has 0 spiro atoms. The van der Waals surface area contributed by atoms with Gasteiger partial charge in [-0.15, -0.1) is 0 Å². The fourth-order valence-corrected chi connectivity index (χ4v) is 4.18. The Kier molecular flexibility index (Phi) is 4.83. The van der Waals surface area contributed by atoms with Crippen molar-refractivity contribution in [3.63, 3.8) is 0 Å². The highest BCUT2D eigenvalue weighted by Crippen LogP contribution is 2.49. The minimum Gasteiger partial charge on any atom is -0.330 e. The lowest BCUT2D eigenvalue weighted by Crippen LogP contribution is -2.23. The molecule has 4 unspecified atom stereocenters. The van der Waals surface area contributed by atoms with Gasteiger partial charge >= 0.3 is 0 Å². The molecule has 0 saturated heterocycles. The molecule has 0 aliphatic heterocycles. The van der Waals surface area contributed by atoms with E-state index < -0.39 is 0 Å². The lowest BCUT2D eigenvalue weighted by atomic mass is 9.81. The fraction of sp³-hybridized carbons (Fsp3) is 0.938. The second-order valence-electron chi connectivity index (χ2n) is 6.87. The highest BCUT2D eigenvalue weighted by atomic mass is 16.1. The Hall–Kier alpha value is -0.370. The predicted octanol–water partition coefficient (Wildman–Crippen LogP) is 3.39. The number of hydrogen-bond donors (Lipinski definition) is 1. The van der Waals surface area contributed by atoms with Gasteiger partial charge in [-0.1, -0.05) is 20.3 Å². The van der Waals surface area contributed by atoms with Gasteiger partial charge in [0.1, 0.15) is 5.78 Å². The van der Waals surface area contributed by atoms with Crippen molar-refractivity contribution in [2.45, 2.75) is 58.8 Å². The summed E-state index contributed by atoms with van der Waals surface area (Å²) in [6.07, 6.45) is 8.17. The molecule has 2 rings (SSSR count). The van der Waals surface area contributed by atoms with E-state index in [1.807, 2.05) is 0 Å². The molecule has 104 valence electrons. The summed E-state index contributed by atoms with van der Waals surface area (Å²) in [6.45, 7) is 5.26. The van der Waals surface area contributed by atoms with Crippen molar-refractivity contribution in [1.29, 1.82) is 0 Å². The summed E-state index contributed by atoms with van der Waals surface area (Å²) in [5.74, 6) is 3.90. The van der Waals surface area contributed by atoms with Gasteiger partial charge in [-0.2, -0.15) is 0 Å². The van der Waals surface area contributed by atoms with Crippen LogP contribution in [0.1, 0.15) is 58.8 Å². The zero-order valence-corrected chi connectivity index (χ0v) is 12.0. The molecule has 0 amide bonds. The van der Waals surface area contributed by atoms with Gasteiger partial charge in [0.15, 0.2) is 0 Å². The molecule has 0 aromatic rings. The van der Waals surface area contributed by atoms with E-state index in [0.29, 0.717) is 23.5 Å². The molecule has 2 nitrogen and oxygen atoms in total. The Bertz CT molecular complexity index is 287. The first-order valence-corrected chi connectivity index (χ1v) is 7.84. The van der Waals surface area contributed by atoms with Crippen LogP contribution >= 0.6 is 0 Å². The number of fused-ring (bicyclic) bond motifs is 2. The van der Waals surface area contributed by atoms with E-state index in [-0.39, 0.29) is 0 Å². The summed E-state index contributed by atoms with van der Waals surface area (Å²) < 4.78 is 0. The number of carbonyl (C=O) groups is 1. The summed E-state index contributed by atoms with van der Waals surface area (Å²) in [5.41, 5.74) is 5.66. The van der Waals surface area contributed by atoms with Gasteiger partial charge in [-0.25, -0.2) is 0 Å². The van der Waals surface area contributed by atoms with Crippen molar-refractivity contribution < 1.29 is 4.79 Å². The number of Topliss-reactive ketones (excluding diaryl/α,β-unsaturated/α-hetero) is 1. The zero-order valence-electron chi connectivity index (χ0n) is 12.0. The van der Waals surface area contributed by atoms with Gasteiger partial charge in [0, 0.05) is 12.3 Å². The predicted molar refractivity (Wildman–Crippen MR) is 75.2 cm³/mol. The molecule has 0 radical (unpaired) electrons. The molecule has 2 heteroatoms. The third-order valence-corrected chi connectivity index (χ3v) is 5.39. The summed E-state index contributed by atoms with van der Waals surface area (Å²) >= 11 is 0. The lowest BCUT2D eigenvalue weighted by Gasteiger charge is -2.23. The van der Waals surface area contributed by atoms with Crippen molar-refractivity contribution in [2.24, 2.45) is 35.3 Å². The molecule has 2 fully saturated rings. The third kappa shape index (κ3) is 3.14. The maximum absolute atomic E-state index is 12.3. The first-order chi connectivity index (χ1) is 8.61. The third-order valence-electron chi connectivity index (χ3n) is 5.39. The van der Waals surface area contributed by atoms with E-state index in [2.05, 4.69) is 13.8 Å². The summed E-state index contributed by atoms with van der Waals surface area (Å²) in [7, 11) is 0. The second kappa shape index (κ2) is 6.18. The fourth-order valence-electron chi connectivity index (χ4n) is 4.18. The highest BCUT2D eigenvalue weighted by Gasteiger charge is 2.42. The first kappa shape index (κ1) is 14.0. The number of hydrogen-bond acceptors (Lipinski definition) is 2. The Labute approximate surface area is 112 Å². The molecule has 0 aromatic carbocycles. The van der Waals surface area contributed by atoms with E-state index >= 15 is 0 Å². The Morgan fingerprint density at radius 3 is 2.50 bits per heavy atom. The van der Waals surface area contributed by atoms with Gasteiger partial charge in [0.05, 0.1) is 0 Å². The van der Waals surface area contributed by atoms with Gasteiger partial charge in [-0.3, -0.25) is 4.79 Å². The monoisotopic (exact) mass is 251 g/mol. The summed E-state index contributed by atoms with van der Waals surface area (Å²) in [6, 6.07) is 0. The molecule has 0 heterocycles. The standard InChI is InChI=1S/C16H29NO/c1-11(2)13(7-8-17)5-6-16(18)15-10-12-3-4-14(15)9-12/h11-15H,3-10,17H2,1-2H3. The number of ketones is 1. The van der Waals surface area contributed by atoms with Crippen LogP contribution in [0.3, 0.4) is 0 Å². The minimum atomic E-state index is 0.425. The Morgan fingerprint density at radius 2 is 2.00 bits per heavy atom. The summed E-state index contributed by atoms with van der Waals surface area (Å²) in [4.78, 5) is 12.3. The summed E-state index contributed by atoms with van der Waals surface area (Å²) in [5, 5.41) is 0. The molecule has 0 aromatic heterocycles. The normalized spacial score (nSPS) is 32.1. The molecule has 2 bridgehead atoms. The molecule has 2 saturated carbocycles. The maximum Gasteiger partial charge on any atom is 0.136 e. The topological polar surface area (TPSA) is 43.1 Å². The van der Waals surface area contributed by atoms with Crippen LogP contribution in [0.2, 0.25) is 0 Å². The number of rotatable bonds is 7. The van der Waals surface area contributed by atoms with Crippen molar-refractivity contribution in [3.8, 4) is 0 Å². The Morgan fingerprint density at radius 1 is 1.22 bits per heavy atom. The smallest absolute Gasteiger partial charge is 0.136 e. The second-order valence-corrected chi connectivity index (χ2v) is 6.87. The molecule has 2 N–H and O–H groups in total. The van der Waals surface area contributed by atoms with Crippen molar-refractivity contribution in [2.75, 3.05) is 6.54 Å². The van der Waals surface area contributed by atoms with E-state index in [9.17, 15) is 4.79 Å². The largest absolute Gasteiger partial charge is 0.330 e. The van der Waals surface area contributed by atoms with Crippen LogP contribution in [0, 0.1) is 29.6 Å². The van der Waals surface area contributed by atoms with E-state index in [1.54, 1.807) is 0 Å². The van der Waals surface area contributed by atoms with Crippen molar-refractivity contribution >= 4 is 5.78 Å². The highest BCUT2D eigenvalue weighted by molar-refractivity contribution is 5.81. The van der Waals surface area contributed by atoms with E-state index in [0.717, 1.165) is 37.6 Å². The van der Waals surface area contributed by atoms with Crippen LogP contribution in [-0.4, -0.2) is 12.3 Å².